The summed E-state index contributed by atoms with van der Waals surface area (Å²) in [5.74, 6) is 0. The number of sulfone groups is 1. The van der Waals surface area contributed by atoms with Crippen LogP contribution in [-0.2, 0) is 9.84 Å². The van der Waals surface area contributed by atoms with Gasteiger partial charge in [-0.2, -0.15) is 0 Å². The molecule has 0 heterocycles. The average Bonchev–Trinajstić information content (AvgIpc) is 2.35. The van der Waals surface area contributed by atoms with Crippen molar-refractivity contribution >= 4 is 67.8 Å². The lowest BCUT2D eigenvalue weighted by molar-refractivity contribution is 0.602. The summed E-state index contributed by atoms with van der Waals surface area (Å²) in [4.78, 5) is -0.111. The summed E-state index contributed by atoms with van der Waals surface area (Å²) in [6, 6.07) is 5.91. The molecule has 0 radical (unpaired) electrons. The van der Waals surface area contributed by atoms with E-state index in [9.17, 15) is 8.42 Å². The van der Waals surface area contributed by atoms with Gasteiger partial charge in [0.2, 0.25) is 0 Å². The van der Waals surface area contributed by atoms with Gasteiger partial charge in [0, 0.05) is 27.4 Å². The van der Waals surface area contributed by atoms with Gasteiger partial charge in [-0.3, -0.25) is 0 Å². The predicted octanol–water partition coefficient (Wildman–Crippen LogP) is 6.02. The van der Waals surface area contributed by atoms with Crippen molar-refractivity contribution in [3.63, 3.8) is 0 Å². The first-order valence-corrected chi connectivity index (χ1v) is 9.24. The van der Waals surface area contributed by atoms with Crippen LogP contribution < -0.4 is 0 Å². The van der Waals surface area contributed by atoms with Crippen LogP contribution in [0.4, 0.5) is 0 Å². The van der Waals surface area contributed by atoms with E-state index >= 15 is 0 Å². The first-order valence-electron chi connectivity index (χ1n) is 5.46. The fraction of sp³-hybridized carbons (Fsp3) is 0.0769. The molecule has 0 N–H and O–H groups in total. The maximum atomic E-state index is 11.8. The normalized spacial score (nSPS) is 11.7. The van der Waals surface area contributed by atoms with Gasteiger partial charge < -0.3 is 0 Å². The summed E-state index contributed by atoms with van der Waals surface area (Å²) < 4.78 is 23.6. The highest BCUT2D eigenvalue weighted by Gasteiger charge is 2.23. The Balaban J connectivity index is 2.89. The third-order valence-electron chi connectivity index (χ3n) is 2.72. The lowest BCUT2D eigenvalue weighted by atomic mass is 10.1. The minimum Gasteiger partial charge on any atom is -0.224 e. The van der Waals surface area contributed by atoms with Crippen LogP contribution in [0.15, 0.2) is 29.2 Å². The maximum Gasteiger partial charge on any atom is 0.177 e. The quantitative estimate of drug-likeness (QED) is 0.573. The molecule has 21 heavy (non-hydrogen) atoms. The Morgan fingerprint density at radius 1 is 0.857 bits per heavy atom. The first-order chi connectivity index (χ1) is 9.62. The summed E-state index contributed by atoms with van der Waals surface area (Å²) in [6.07, 6.45) is 1.03. The summed E-state index contributed by atoms with van der Waals surface area (Å²) in [5.41, 5.74) is 0.705. The first kappa shape index (κ1) is 17.2. The van der Waals surface area contributed by atoms with Crippen molar-refractivity contribution in [2.75, 3.05) is 6.26 Å². The van der Waals surface area contributed by atoms with Crippen LogP contribution >= 0.6 is 58.0 Å². The number of hydrogen-bond acceptors (Lipinski definition) is 2. The summed E-state index contributed by atoms with van der Waals surface area (Å²) in [6.45, 7) is 0. The van der Waals surface area contributed by atoms with Crippen molar-refractivity contribution < 1.29 is 8.42 Å². The molecule has 2 rings (SSSR count). The second-order valence-electron chi connectivity index (χ2n) is 4.26. The van der Waals surface area contributed by atoms with Gasteiger partial charge >= 0.3 is 0 Å². The molecular weight excluding hydrogens is 397 g/mol. The van der Waals surface area contributed by atoms with E-state index in [1.54, 1.807) is 12.1 Å². The van der Waals surface area contributed by atoms with Gasteiger partial charge in [-0.1, -0.05) is 64.1 Å². The molecule has 0 aromatic heterocycles. The van der Waals surface area contributed by atoms with Crippen molar-refractivity contribution in [3.05, 3.63) is 49.4 Å². The minimum absolute atomic E-state index is 0.0314. The molecule has 0 fully saturated rings. The molecule has 112 valence electrons. The van der Waals surface area contributed by atoms with Crippen LogP contribution in [0, 0.1) is 0 Å². The van der Waals surface area contributed by atoms with Crippen LogP contribution in [-0.4, -0.2) is 14.7 Å². The molecule has 8 heteroatoms. The van der Waals surface area contributed by atoms with E-state index in [0.29, 0.717) is 10.6 Å². The molecule has 0 unspecified atom stereocenters. The van der Waals surface area contributed by atoms with E-state index in [-0.39, 0.29) is 30.5 Å². The molecule has 0 spiro atoms. The standard InChI is InChI=1S/C13H7Cl5O2S/c1-21(19,20)10-5-9(16)12(17)11(13(10)18)7-3-2-6(14)4-8(7)15/h2-5H,1H3. The van der Waals surface area contributed by atoms with Crippen molar-refractivity contribution in [2.24, 2.45) is 0 Å². The fourth-order valence-corrected chi connectivity index (χ4v) is 4.28. The third-order valence-corrected chi connectivity index (χ3v) is 5.68. The van der Waals surface area contributed by atoms with Crippen LogP contribution in [0.5, 0.6) is 0 Å². The van der Waals surface area contributed by atoms with Gasteiger partial charge in [0.1, 0.15) is 0 Å². The lowest BCUT2D eigenvalue weighted by Gasteiger charge is -2.14. The molecule has 2 aromatic carbocycles. The number of rotatable bonds is 2. The molecule has 2 aromatic rings. The predicted molar refractivity (Wildman–Crippen MR) is 90.0 cm³/mol. The van der Waals surface area contributed by atoms with E-state index in [1.807, 2.05) is 0 Å². The van der Waals surface area contributed by atoms with Gasteiger partial charge in [0.25, 0.3) is 0 Å². The Bertz CT molecular complexity index is 831. The molecule has 2 nitrogen and oxygen atoms in total. The van der Waals surface area contributed by atoms with Crippen molar-refractivity contribution in [1.82, 2.24) is 0 Å². The summed E-state index contributed by atoms with van der Waals surface area (Å²) in [5, 5.41) is 0.881. The van der Waals surface area contributed by atoms with Crippen molar-refractivity contribution in [2.45, 2.75) is 4.90 Å². The molecule has 0 aliphatic rings. The van der Waals surface area contributed by atoms with Crippen molar-refractivity contribution in [1.29, 1.82) is 0 Å². The Morgan fingerprint density at radius 3 is 2.00 bits per heavy atom. The van der Waals surface area contributed by atoms with E-state index in [2.05, 4.69) is 0 Å². The van der Waals surface area contributed by atoms with Gasteiger partial charge in [-0.15, -0.1) is 0 Å². The Hall–Kier alpha value is -0.160. The number of halogens is 5. The molecule has 0 aliphatic heterocycles. The highest BCUT2D eigenvalue weighted by molar-refractivity contribution is 7.90. The smallest absolute Gasteiger partial charge is 0.177 e. The van der Waals surface area contributed by atoms with Crippen LogP contribution in [0.2, 0.25) is 25.1 Å². The Kier molecular flexibility index (Phi) is 5.04. The van der Waals surface area contributed by atoms with Crippen LogP contribution in [0.3, 0.4) is 0 Å². The summed E-state index contributed by atoms with van der Waals surface area (Å²) in [7, 11) is -3.57. The molecule has 0 bridgehead atoms. The molecule has 0 atom stereocenters. The fourth-order valence-electron chi connectivity index (χ4n) is 1.78. The number of hydrogen-bond donors (Lipinski definition) is 0. The molecular formula is C13H7Cl5O2S. The second kappa shape index (κ2) is 6.15. The van der Waals surface area contributed by atoms with E-state index in [1.165, 1.54) is 12.1 Å². The monoisotopic (exact) mass is 402 g/mol. The second-order valence-corrected chi connectivity index (χ2v) is 8.25. The van der Waals surface area contributed by atoms with Crippen molar-refractivity contribution in [3.8, 4) is 11.1 Å². The molecule has 0 aliphatic carbocycles. The van der Waals surface area contributed by atoms with Crippen LogP contribution in [0.1, 0.15) is 0 Å². The van der Waals surface area contributed by atoms with Crippen LogP contribution in [0.25, 0.3) is 11.1 Å². The van der Waals surface area contributed by atoms with Gasteiger partial charge in [-0.05, 0) is 18.2 Å². The molecule has 0 saturated carbocycles. The maximum absolute atomic E-state index is 11.8. The van der Waals surface area contributed by atoms with E-state index in [0.717, 1.165) is 6.26 Å². The Labute approximate surface area is 147 Å². The zero-order chi connectivity index (χ0) is 15.9. The minimum atomic E-state index is -3.57. The van der Waals surface area contributed by atoms with E-state index in [4.69, 9.17) is 58.0 Å². The number of benzene rings is 2. The highest BCUT2D eigenvalue weighted by atomic mass is 35.5. The topological polar surface area (TPSA) is 34.1 Å². The average molecular weight is 405 g/mol. The lowest BCUT2D eigenvalue weighted by Crippen LogP contribution is -2.00. The Morgan fingerprint density at radius 2 is 1.48 bits per heavy atom. The molecule has 0 saturated heterocycles. The van der Waals surface area contributed by atoms with Gasteiger partial charge in [0.05, 0.1) is 20.0 Å². The third kappa shape index (κ3) is 3.44. The molecule has 0 amide bonds. The van der Waals surface area contributed by atoms with Gasteiger partial charge in [-0.25, -0.2) is 8.42 Å². The highest BCUT2D eigenvalue weighted by Crippen LogP contribution is 2.45. The largest absolute Gasteiger partial charge is 0.224 e. The summed E-state index contributed by atoms with van der Waals surface area (Å²) >= 11 is 30.4. The SMILES string of the molecule is CS(=O)(=O)c1cc(Cl)c(Cl)c(-c2ccc(Cl)cc2Cl)c1Cl. The van der Waals surface area contributed by atoms with Gasteiger partial charge in [0.15, 0.2) is 9.84 Å². The zero-order valence-electron chi connectivity index (χ0n) is 10.4. The zero-order valence-corrected chi connectivity index (χ0v) is 15.0. The van der Waals surface area contributed by atoms with E-state index < -0.39 is 9.84 Å².